The topological polar surface area (TPSA) is 55.4 Å². The van der Waals surface area contributed by atoms with Gasteiger partial charge in [0.15, 0.2) is 6.10 Å². The van der Waals surface area contributed by atoms with Gasteiger partial charge in [-0.15, -0.1) is 0 Å². The zero-order valence-electron chi connectivity index (χ0n) is 12.6. The minimum atomic E-state index is -0.790. The van der Waals surface area contributed by atoms with Crippen LogP contribution in [0.15, 0.2) is 42.5 Å². The Bertz CT molecular complexity index is 752. The zero-order valence-corrected chi connectivity index (χ0v) is 12.6. The number of carbonyl (C=O) groups is 2. The smallest absolute Gasteiger partial charge is 0.339 e. The molecular weight excluding hydrogens is 278 g/mol. The molecular formula is C18H17NO3. The predicted molar refractivity (Wildman–Crippen MR) is 83.9 cm³/mol. The van der Waals surface area contributed by atoms with Crippen LogP contribution in [0, 0.1) is 13.8 Å². The number of esters is 1. The van der Waals surface area contributed by atoms with E-state index in [9.17, 15) is 9.59 Å². The molecule has 22 heavy (non-hydrogen) atoms. The summed E-state index contributed by atoms with van der Waals surface area (Å²) in [5.74, 6) is -0.737. The monoisotopic (exact) mass is 295 g/mol. The summed E-state index contributed by atoms with van der Waals surface area (Å²) in [6.07, 6.45) is -0.388. The first-order valence-electron chi connectivity index (χ1n) is 7.21. The molecule has 4 heteroatoms. The number of aryl methyl sites for hydroxylation is 2. The Morgan fingerprint density at radius 3 is 2.77 bits per heavy atom. The van der Waals surface area contributed by atoms with E-state index in [1.165, 1.54) is 0 Å². The largest absolute Gasteiger partial charge is 0.448 e. The molecule has 0 radical (unpaired) electrons. The van der Waals surface area contributed by atoms with E-state index in [0.29, 0.717) is 12.0 Å². The molecule has 0 unspecified atom stereocenters. The van der Waals surface area contributed by atoms with Gasteiger partial charge in [0, 0.05) is 12.1 Å². The van der Waals surface area contributed by atoms with Crippen LogP contribution in [0.25, 0.3) is 0 Å². The predicted octanol–water partition coefficient (Wildman–Crippen LogP) is 3.02. The standard InChI is InChI=1S/C18H17NO3/c1-11-7-8-12(2)15(9-11)19-17(20)16-10-13-5-3-4-6-14(13)18(21)22-16/h3-9,16H,10H2,1-2H3,(H,19,20)/t16-/m1/s1. The highest BCUT2D eigenvalue weighted by molar-refractivity contribution is 6.00. The number of nitrogens with one attached hydrogen (secondary N) is 1. The van der Waals surface area contributed by atoms with Crippen LogP contribution >= 0.6 is 0 Å². The van der Waals surface area contributed by atoms with Gasteiger partial charge in [0.05, 0.1) is 5.56 Å². The van der Waals surface area contributed by atoms with Gasteiger partial charge in [0.25, 0.3) is 5.91 Å². The Morgan fingerprint density at radius 1 is 1.18 bits per heavy atom. The first-order chi connectivity index (χ1) is 10.5. The maximum absolute atomic E-state index is 12.4. The quantitative estimate of drug-likeness (QED) is 0.866. The number of anilines is 1. The van der Waals surface area contributed by atoms with E-state index in [1.54, 1.807) is 12.1 Å². The van der Waals surface area contributed by atoms with E-state index >= 15 is 0 Å². The second-order valence-electron chi connectivity index (χ2n) is 5.56. The van der Waals surface area contributed by atoms with Gasteiger partial charge in [0.1, 0.15) is 0 Å². The third kappa shape index (κ3) is 2.72. The van der Waals surface area contributed by atoms with Crippen LogP contribution in [0.5, 0.6) is 0 Å². The molecule has 0 saturated carbocycles. The summed E-state index contributed by atoms with van der Waals surface area (Å²) in [5.41, 5.74) is 4.17. The fraction of sp³-hybridized carbons (Fsp3) is 0.222. The number of hydrogen-bond acceptors (Lipinski definition) is 3. The lowest BCUT2D eigenvalue weighted by Gasteiger charge is -2.24. The Balaban J connectivity index is 1.79. The van der Waals surface area contributed by atoms with E-state index in [1.807, 2.05) is 44.2 Å². The Labute approximate surface area is 129 Å². The van der Waals surface area contributed by atoms with Gasteiger partial charge in [-0.05, 0) is 42.7 Å². The van der Waals surface area contributed by atoms with Gasteiger partial charge in [-0.3, -0.25) is 4.79 Å². The van der Waals surface area contributed by atoms with Crippen LogP contribution in [-0.2, 0) is 16.0 Å². The minimum absolute atomic E-state index is 0.295. The van der Waals surface area contributed by atoms with Gasteiger partial charge in [-0.25, -0.2) is 4.79 Å². The molecule has 1 aliphatic heterocycles. The molecule has 0 spiro atoms. The number of benzene rings is 2. The summed E-state index contributed by atoms with van der Waals surface area (Å²) < 4.78 is 5.27. The maximum atomic E-state index is 12.4. The van der Waals surface area contributed by atoms with Gasteiger partial charge in [-0.2, -0.15) is 0 Å². The molecule has 1 N–H and O–H groups in total. The van der Waals surface area contributed by atoms with Gasteiger partial charge >= 0.3 is 5.97 Å². The molecule has 1 heterocycles. The fourth-order valence-corrected chi connectivity index (χ4v) is 2.56. The van der Waals surface area contributed by atoms with Crippen molar-refractivity contribution in [3.05, 3.63) is 64.7 Å². The van der Waals surface area contributed by atoms with E-state index in [0.717, 1.165) is 22.4 Å². The average Bonchev–Trinajstić information content (AvgIpc) is 2.51. The number of carbonyl (C=O) groups excluding carboxylic acids is 2. The number of hydrogen-bond donors (Lipinski definition) is 1. The lowest BCUT2D eigenvalue weighted by Crippen LogP contribution is -2.38. The second kappa shape index (κ2) is 5.64. The Kier molecular flexibility index (Phi) is 3.67. The minimum Gasteiger partial charge on any atom is -0.448 e. The molecule has 0 fully saturated rings. The molecule has 2 aromatic rings. The summed E-state index contributed by atoms with van der Waals surface area (Å²) in [7, 11) is 0. The van der Waals surface area contributed by atoms with Crippen molar-refractivity contribution in [2.45, 2.75) is 26.4 Å². The van der Waals surface area contributed by atoms with Crippen LogP contribution in [0.3, 0.4) is 0 Å². The lowest BCUT2D eigenvalue weighted by atomic mass is 9.98. The van der Waals surface area contributed by atoms with Crippen LogP contribution in [0.2, 0.25) is 0 Å². The third-order valence-electron chi connectivity index (χ3n) is 3.84. The highest BCUT2D eigenvalue weighted by atomic mass is 16.5. The van der Waals surface area contributed by atoms with Crippen LogP contribution in [0.4, 0.5) is 5.69 Å². The summed E-state index contributed by atoms with van der Waals surface area (Å²) >= 11 is 0. The van der Waals surface area contributed by atoms with Crippen molar-refractivity contribution in [1.82, 2.24) is 0 Å². The van der Waals surface area contributed by atoms with Crippen LogP contribution < -0.4 is 5.32 Å². The van der Waals surface area contributed by atoms with Gasteiger partial charge < -0.3 is 10.1 Å². The number of rotatable bonds is 2. The van der Waals surface area contributed by atoms with Crippen LogP contribution in [-0.4, -0.2) is 18.0 Å². The van der Waals surface area contributed by atoms with Gasteiger partial charge in [0.2, 0.25) is 0 Å². The van der Waals surface area contributed by atoms with Crippen molar-refractivity contribution in [1.29, 1.82) is 0 Å². The first kappa shape index (κ1) is 14.3. The molecule has 0 aliphatic carbocycles. The number of fused-ring (bicyclic) bond motifs is 1. The molecule has 1 atom stereocenters. The van der Waals surface area contributed by atoms with E-state index in [-0.39, 0.29) is 5.91 Å². The van der Waals surface area contributed by atoms with Crippen molar-refractivity contribution in [2.24, 2.45) is 0 Å². The molecule has 0 saturated heterocycles. The molecule has 3 rings (SSSR count). The summed E-state index contributed by atoms with van der Waals surface area (Å²) in [5, 5.41) is 2.86. The van der Waals surface area contributed by atoms with Crippen molar-refractivity contribution in [3.63, 3.8) is 0 Å². The number of cyclic esters (lactones) is 1. The fourth-order valence-electron chi connectivity index (χ4n) is 2.56. The van der Waals surface area contributed by atoms with Crippen molar-refractivity contribution < 1.29 is 14.3 Å². The maximum Gasteiger partial charge on any atom is 0.339 e. The number of ether oxygens (including phenoxy) is 1. The first-order valence-corrected chi connectivity index (χ1v) is 7.21. The van der Waals surface area contributed by atoms with Crippen LogP contribution in [0.1, 0.15) is 27.0 Å². The molecule has 0 bridgehead atoms. The van der Waals surface area contributed by atoms with Crippen molar-refractivity contribution in [3.8, 4) is 0 Å². The highest BCUT2D eigenvalue weighted by Crippen LogP contribution is 2.22. The summed E-state index contributed by atoms with van der Waals surface area (Å²) in [6, 6.07) is 13.1. The Hall–Kier alpha value is -2.62. The molecule has 0 aromatic heterocycles. The van der Waals surface area contributed by atoms with Crippen molar-refractivity contribution >= 4 is 17.6 Å². The highest BCUT2D eigenvalue weighted by Gasteiger charge is 2.31. The van der Waals surface area contributed by atoms with E-state index < -0.39 is 12.1 Å². The second-order valence-corrected chi connectivity index (χ2v) is 5.56. The molecule has 112 valence electrons. The molecule has 1 amide bonds. The van der Waals surface area contributed by atoms with E-state index in [4.69, 9.17) is 4.74 Å². The summed E-state index contributed by atoms with van der Waals surface area (Å²) in [4.78, 5) is 24.4. The van der Waals surface area contributed by atoms with E-state index in [2.05, 4.69) is 5.32 Å². The molecule has 4 nitrogen and oxygen atoms in total. The lowest BCUT2D eigenvalue weighted by molar-refractivity contribution is -0.125. The average molecular weight is 295 g/mol. The molecule has 1 aliphatic rings. The van der Waals surface area contributed by atoms with Gasteiger partial charge in [-0.1, -0.05) is 30.3 Å². The SMILES string of the molecule is Cc1ccc(C)c(NC(=O)[C@H]2Cc3ccccc3C(=O)O2)c1. The third-order valence-corrected chi connectivity index (χ3v) is 3.84. The summed E-state index contributed by atoms with van der Waals surface area (Å²) in [6.45, 7) is 3.89. The normalized spacial score (nSPS) is 16.6. The molecule has 2 aromatic carbocycles. The van der Waals surface area contributed by atoms with Crippen molar-refractivity contribution in [2.75, 3.05) is 5.32 Å². The Morgan fingerprint density at radius 2 is 1.95 bits per heavy atom. The zero-order chi connectivity index (χ0) is 15.7. The number of amides is 1.